The van der Waals surface area contributed by atoms with Gasteiger partial charge in [-0.05, 0) is 53.2 Å². The van der Waals surface area contributed by atoms with E-state index in [1.165, 1.54) is 12.1 Å². The molecule has 0 unspecified atom stereocenters. The van der Waals surface area contributed by atoms with Crippen molar-refractivity contribution in [2.24, 2.45) is 0 Å². The molecule has 0 aliphatic carbocycles. The van der Waals surface area contributed by atoms with Crippen LogP contribution in [-0.2, 0) is 0 Å². The van der Waals surface area contributed by atoms with Gasteiger partial charge in [0.05, 0.1) is 18.0 Å². The molecule has 21 heavy (non-hydrogen) atoms. The lowest BCUT2D eigenvalue weighted by Gasteiger charge is -2.11. The van der Waals surface area contributed by atoms with Gasteiger partial charge in [0, 0.05) is 10.0 Å². The summed E-state index contributed by atoms with van der Waals surface area (Å²) in [5.74, 6) is -0.451. The standard InChI is InChI=1S/C15H14BrFN2O2/c1-2-21-13-7-6-9(8-12(13)18)15(20)19-14-10(16)4-3-5-11(14)17/h3-8H,2,18H2,1H3,(H,19,20). The van der Waals surface area contributed by atoms with Gasteiger partial charge in [-0.3, -0.25) is 4.79 Å². The van der Waals surface area contributed by atoms with Gasteiger partial charge in [-0.2, -0.15) is 0 Å². The van der Waals surface area contributed by atoms with Gasteiger partial charge in [-0.25, -0.2) is 4.39 Å². The maximum absolute atomic E-state index is 13.7. The Morgan fingerprint density at radius 3 is 2.76 bits per heavy atom. The van der Waals surface area contributed by atoms with E-state index in [9.17, 15) is 9.18 Å². The Morgan fingerprint density at radius 1 is 1.38 bits per heavy atom. The van der Waals surface area contributed by atoms with Crippen LogP contribution in [0.25, 0.3) is 0 Å². The Balaban J connectivity index is 2.23. The molecule has 0 aromatic heterocycles. The van der Waals surface area contributed by atoms with Crippen LogP contribution >= 0.6 is 15.9 Å². The number of hydrogen-bond acceptors (Lipinski definition) is 3. The Hall–Kier alpha value is -2.08. The zero-order valence-electron chi connectivity index (χ0n) is 11.3. The number of rotatable bonds is 4. The zero-order chi connectivity index (χ0) is 15.4. The van der Waals surface area contributed by atoms with Crippen LogP contribution < -0.4 is 15.8 Å². The molecule has 3 N–H and O–H groups in total. The van der Waals surface area contributed by atoms with Crippen molar-refractivity contribution < 1.29 is 13.9 Å². The molecule has 0 aliphatic rings. The minimum atomic E-state index is -0.517. The molecule has 2 aromatic rings. The number of benzene rings is 2. The van der Waals surface area contributed by atoms with Crippen LogP contribution in [0.5, 0.6) is 5.75 Å². The largest absolute Gasteiger partial charge is 0.492 e. The minimum Gasteiger partial charge on any atom is -0.492 e. The predicted octanol–water partition coefficient (Wildman–Crippen LogP) is 3.82. The summed E-state index contributed by atoms with van der Waals surface area (Å²) in [6.07, 6.45) is 0. The van der Waals surface area contributed by atoms with Gasteiger partial charge in [0.15, 0.2) is 0 Å². The van der Waals surface area contributed by atoms with Crippen molar-refractivity contribution in [3.63, 3.8) is 0 Å². The van der Waals surface area contributed by atoms with E-state index in [4.69, 9.17) is 10.5 Å². The van der Waals surface area contributed by atoms with Crippen LogP contribution in [0.2, 0.25) is 0 Å². The van der Waals surface area contributed by atoms with Crippen molar-refractivity contribution in [2.75, 3.05) is 17.7 Å². The highest BCUT2D eigenvalue weighted by molar-refractivity contribution is 9.10. The first kappa shape index (κ1) is 15.3. The molecular formula is C15H14BrFN2O2. The van der Waals surface area contributed by atoms with E-state index in [1.807, 2.05) is 6.92 Å². The monoisotopic (exact) mass is 352 g/mol. The van der Waals surface area contributed by atoms with Gasteiger partial charge in [0.2, 0.25) is 0 Å². The molecule has 2 aromatic carbocycles. The second-order valence-corrected chi connectivity index (χ2v) is 5.09. The molecule has 0 spiro atoms. The van der Waals surface area contributed by atoms with Gasteiger partial charge in [0.25, 0.3) is 5.91 Å². The fourth-order valence-corrected chi connectivity index (χ4v) is 2.22. The van der Waals surface area contributed by atoms with E-state index < -0.39 is 11.7 Å². The molecule has 1 amide bonds. The number of carbonyl (C=O) groups excluding carboxylic acids is 1. The number of nitrogens with two attached hydrogens (primary N) is 1. The topological polar surface area (TPSA) is 64.3 Å². The van der Waals surface area contributed by atoms with E-state index in [0.29, 0.717) is 28.1 Å². The van der Waals surface area contributed by atoms with Crippen LogP contribution in [0.15, 0.2) is 40.9 Å². The van der Waals surface area contributed by atoms with Crippen molar-refractivity contribution in [1.29, 1.82) is 0 Å². The Morgan fingerprint density at radius 2 is 2.14 bits per heavy atom. The summed E-state index contributed by atoms with van der Waals surface area (Å²) in [6, 6.07) is 9.15. The molecular weight excluding hydrogens is 339 g/mol. The maximum atomic E-state index is 13.7. The van der Waals surface area contributed by atoms with E-state index in [1.54, 1.807) is 24.3 Å². The number of halogens is 2. The molecule has 0 fully saturated rings. The first-order valence-electron chi connectivity index (χ1n) is 6.30. The molecule has 0 atom stereocenters. The van der Waals surface area contributed by atoms with Crippen LogP contribution in [0.3, 0.4) is 0 Å². The summed E-state index contributed by atoms with van der Waals surface area (Å²) in [6.45, 7) is 2.33. The number of amides is 1. The Labute approximate surface area is 130 Å². The molecule has 0 radical (unpaired) electrons. The number of anilines is 2. The third kappa shape index (κ3) is 3.52. The smallest absolute Gasteiger partial charge is 0.255 e. The SMILES string of the molecule is CCOc1ccc(C(=O)Nc2c(F)cccc2Br)cc1N. The third-order valence-electron chi connectivity index (χ3n) is 2.77. The highest BCUT2D eigenvalue weighted by Gasteiger charge is 2.13. The second kappa shape index (κ2) is 6.58. The van der Waals surface area contributed by atoms with Crippen LogP contribution in [0, 0.1) is 5.82 Å². The average Bonchev–Trinajstić information content (AvgIpc) is 2.45. The van der Waals surface area contributed by atoms with E-state index in [2.05, 4.69) is 21.2 Å². The van der Waals surface area contributed by atoms with Crippen molar-refractivity contribution in [3.8, 4) is 5.75 Å². The fraction of sp³-hybridized carbons (Fsp3) is 0.133. The second-order valence-electron chi connectivity index (χ2n) is 4.24. The van der Waals surface area contributed by atoms with Crippen LogP contribution in [0.4, 0.5) is 15.8 Å². The molecule has 0 heterocycles. The van der Waals surface area contributed by atoms with Gasteiger partial charge in [0.1, 0.15) is 11.6 Å². The van der Waals surface area contributed by atoms with Crippen LogP contribution in [-0.4, -0.2) is 12.5 Å². The number of para-hydroxylation sites is 1. The molecule has 0 aliphatic heterocycles. The lowest BCUT2D eigenvalue weighted by Crippen LogP contribution is -2.14. The summed E-state index contributed by atoms with van der Waals surface area (Å²) in [5.41, 5.74) is 6.59. The number of nitrogen functional groups attached to an aromatic ring is 1. The average molecular weight is 353 g/mol. The quantitative estimate of drug-likeness (QED) is 0.822. The van der Waals surface area contributed by atoms with Gasteiger partial charge >= 0.3 is 0 Å². The van der Waals surface area contributed by atoms with Crippen molar-refractivity contribution in [2.45, 2.75) is 6.92 Å². The third-order valence-corrected chi connectivity index (χ3v) is 3.43. The van der Waals surface area contributed by atoms with Gasteiger partial charge < -0.3 is 15.8 Å². The Bertz CT molecular complexity index is 656. The number of hydrogen-bond donors (Lipinski definition) is 2. The van der Waals surface area contributed by atoms with E-state index >= 15 is 0 Å². The highest BCUT2D eigenvalue weighted by atomic mass is 79.9. The molecule has 6 heteroatoms. The lowest BCUT2D eigenvalue weighted by atomic mass is 10.1. The molecule has 4 nitrogen and oxygen atoms in total. The number of ether oxygens (including phenoxy) is 1. The van der Waals surface area contributed by atoms with Crippen molar-refractivity contribution in [1.82, 2.24) is 0 Å². The van der Waals surface area contributed by atoms with Crippen LogP contribution in [0.1, 0.15) is 17.3 Å². The number of nitrogens with one attached hydrogen (secondary N) is 1. The predicted molar refractivity (Wildman–Crippen MR) is 84.1 cm³/mol. The van der Waals surface area contributed by atoms with Crippen molar-refractivity contribution in [3.05, 3.63) is 52.3 Å². The first-order chi connectivity index (χ1) is 10.0. The van der Waals surface area contributed by atoms with E-state index in [-0.39, 0.29) is 5.69 Å². The van der Waals surface area contributed by atoms with Crippen molar-refractivity contribution >= 4 is 33.2 Å². The highest BCUT2D eigenvalue weighted by Crippen LogP contribution is 2.27. The lowest BCUT2D eigenvalue weighted by molar-refractivity contribution is 0.102. The normalized spacial score (nSPS) is 10.2. The molecule has 0 saturated heterocycles. The number of carbonyl (C=O) groups is 1. The summed E-state index contributed by atoms with van der Waals surface area (Å²) in [4.78, 5) is 12.1. The summed E-state index contributed by atoms with van der Waals surface area (Å²) < 4.78 is 19.5. The maximum Gasteiger partial charge on any atom is 0.255 e. The fourth-order valence-electron chi connectivity index (χ4n) is 1.78. The van der Waals surface area contributed by atoms with E-state index in [0.717, 1.165) is 0 Å². The summed E-state index contributed by atoms with van der Waals surface area (Å²) in [5, 5.41) is 2.52. The minimum absolute atomic E-state index is 0.0926. The molecule has 110 valence electrons. The summed E-state index contributed by atoms with van der Waals surface area (Å²) >= 11 is 3.20. The van der Waals surface area contributed by atoms with Gasteiger partial charge in [-0.1, -0.05) is 6.07 Å². The zero-order valence-corrected chi connectivity index (χ0v) is 12.9. The Kier molecular flexibility index (Phi) is 4.80. The molecule has 2 rings (SSSR count). The summed E-state index contributed by atoms with van der Waals surface area (Å²) in [7, 11) is 0. The van der Waals surface area contributed by atoms with Gasteiger partial charge in [-0.15, -0.1) is 0 Å². The first-order valence-corrected chi connectivity index (χ1v) is 7.10. The molecule has 0 saturated carbocycles. The molecule has 0 bridgehead atoms.